The Labute approximate surface area is 237 Å². The molecule has 0 bridgehead atoms. The van der Waals surface area contributed by atoms with Crippen LogP contribution in [-0.4, -0.2) is 69.6 Å². The fraction of sp³-hybridized carbons (Fsp3) is 0.379. The van der Waals surface area contributed by atoms with E-state index < -0.39 is 47.9 Å². The molecule has 0 saturated carbocycles. The highest BCUT2D eigenvalue weighted by Gasteiger charge is 2.30. The second-order valence-electron chi connectivity index (χ2n) is 10.0. The van der Waals surface area contributed by atoms with Crippen molar-refractivity contribution in [2.75, 3.05) is 6.54 Å². The van der Waals surface area contributed by atoms with Crippen LogP contribution in [0.2, 0.25) is 0 Å². The minimum Gasteiger partial charge on any atom is -0.508 e. The Hall–Kier alpha value is -4.42. The van der Waals surface area contributed by atoms with Crippen molar-refractivity contribution in [1.29, 1.82) is 0 Å². The summed E-state index contributed by atoms with van der Waals surface area (Å²) >= 11 is 0. The number of aromatic nitrogens is 1. The second-order valence-corrected chi connectivity index (χ2v) is 10.0. The number of nitrogens with one attached hydrogen (secondary N) is 4. The van der Waals surface area contributed by atoms with Crippen LogP contribution in [0, 0.1) is 0 Å². The van der Waals surface area contributed by atoms with Crippen molar-refractivity contribution in [2.24, 2.45) is 11.5 Å². The molecule has 1 aromatic heterocycles. The van der Waals surface area contributed by atoms with E-state index in [9.17, 15) is 29.4 Å². The predicted octanol–water partition coefficient (Wildman–Crippen LogP) is 0.674. The first-order valence-electron chi connectivity index (χ1n) is 13.5. The van der Waals surface area contributed by atoms with Gasteiger partial charge in [-0.1, -0.05) is 30.3 Å². The zero-order valence-corrected chi connectivity index (χ0v) is 22.9. The molecule has 0 aliphatic carbocycles. The number of aromatic amines is 1. The smallest absolute Gasteiger partial charge is 0.325 e. The third-order valence-corrected chi connectivity index (χ3v) is 6.77. The summed E-state index contributed by atoms with van der Waals surface area (Å²) in [7, 11) is 0. The fourth-order valence-electron chi connectivity index (χ4n) is 4.40. The summed E-state index contributed by atoms with van der Waals surface area (Å²) in [5.74, 6) is -2.95. The van der Waals surface area contributed by atoms with E-state index in [4.69, 9.17) is 11.5 Å². The van der Waals surface area contributed by atoms with Crippen LogP contribution in [0.5, 0.6) is 5.75 Å². The minimum absolute atomic E-state index is 0.0811. The maximum absolute atomic E-state index is 13.5. The Kier molecular flexibility index (Phi) is 11.2. The number of amides is 3. The highest BCUT2D eigenvalue weighted by atomic mass is 16.4. The van der Waals surface area contributed by atoms with Crippen LogP contribution < -0.4 is 27.4 Å². The fourth-order valence-corrected chi connectivity index (χ4v) is 4.40. The number of unbranched alkanes of at least 4 members (excludes halogenated alkanes) is 1. The largest absolute Gasteiger partial charge is 0.508 e. The van der Waals surface area contributed by atoms with Gasteiger partial charge < -0.3 is 42.6 Å². The van der Waals surface area contributed by atoms with Gasteiger partial charge in [0.2, 0.25) is 17.7 Å². The molecule has 0 radical (unpaired) electrons. The van der Waals surface area contributed by atoms with Crippen molar-refractivity contribution >= 4 is 34.6 Å². The molecule has 3 aromatic rings. The zero-order chi connectivity index (χ0) is 29.9. The average molecular weight is 567 g/mol. The van der Waals surface area contributed by atoms with E-state index in [1.165, 1.54) is 19.1 Å². The number of rotatable bonds is 15. The summed E-state index contributed by atoms with van der Waals surface area (Å²) in [6, 6.07) is 9.49. The SMILES string of the molecule is CC(NC(=O)C(Cc1c[nH]c2ccccc12)NC(=O)C(CCCCN)NC(=O)C(N)Cc1ccc(O)cc1)C(=O)O. The van der Waals surface area contributed by atoms with Crippen LogP contribution in [0.4, 0.5) is 0 Å². The molecule has 41 heavy (non-hydrogen) atoms. The number of nitrogens with two attached hydrogens (primary N) is 2. The molecule has 0 aliphatic heterocycles. The lowest BCUT2D eigenvalue weighted by Crippen LogP contribution is -2.57. The van der Waals surface area contributed by atoms with Gasteiger partial charge in [-0.15, -0.1) is 0 Å². The number of para-hydroxylation sites is 1. The van der Waals surface area contributed by atoms with Crippen molar-refractivity contribution in [3.05, 3.63) is 65.9 Å². The van der Waals surface area contributed by atoms with Crippen molar-refractivity contribution in [1.82, 2.24) is 20.9 Å². The number of phenolic OH excluding ortho intramolecular Hbond substituents is 1. The van der Waals surface area contributed by atoms with E-state index >= 15 is 0 Å². The molecule has 3 rings (SSSR count). The first-order chi connectivity index (χ1) is 19.6. The molecular weight excluding hydrogens is 528 g/mol. The molecular formula is C29H38N6O6. The lowest BCUT2D eigenvalue weighted by Gasteiger charge is -2.25. The molecule has 0 spiro atoms. The van der Waals surface area contributed by atoms with Crippen LogP contribution in [0.3, 0.4) is 0 Å². The van der Waals surface area contributed by atoms with E-state index in [0.29, 0.717) is 19.4 Å². The van der Waals surface area contributed by atoms with E-state index in [-0.39, 0.29) is 25.0 Å². The number of hydrogen-bond acceptors (Lipinski definition) is 7. The van der Waals surface area contributed by atoms with Gasteiger partial charge in [0.05, 0.1) is 6.04 Å². The summed E-state index contributed by atoms with van der Waals surface area (Å²) in [4.78, 5) is 54.1. The van der Waals surface area contributed by atoms with Gasteiger partial charge >= 0.3 is 5.97 Å². The predicted molar refractivity (Wildman–Crippen MR) is 154 cm³/mol. The molecule has 1 heterocycles. The Balaban J connectivity index is 1.77. The Morgan fingerprint density at radius 2 is 1.54 bits per heavy atom. The molecule has 4 atom stereocenters. The molecule has 12 nitrogen and oxygen atoms in total. The monoisotopic (exact) mass is 566 g/mol. The highest BCUT2D eigenvalue weighted by molar-refractivity contribution is 5.94. The van der Waals surface area contributed by atoms with Crippen LogP contribution in [0.15, 0.2) is 54.7 Å². The van der Waals surface area contributed by atoms with Gasteiger partial charge in [-0.2, -0.15) is 0 Å². The van der Waals surface area contributed by atoms with Gasteiger partial charge in [-0.05, 0) is 68.5 Å². The number of aliphatic carboxylic acids is 1. The summed E-state index contributed by atoms with van der Waals surface area (Å²) in [5, 5.41) is 27.5. The third kappa shape index (κ3) is 9.05. The lowest BCUT2D eigenvalue weighted by atomic mass is 10.0. The number of hydrogen-bond donors (Lipinski definition) is 8. The lowest BCUT2D eigenvalue weighted by molar-refractivity contribution is -0.141. The molecule has 0 saturated heterocycles. The van der Waals surface area contributed by atoms with E-state index in [1.54, 1.807) is 18.3 Å². The van der Waals surface area contributed by atoms with Crippen LogP contribution in [0.25, 0.3) is 10.9 Å². The van der Waals surface area contributed by atoms with Crippen LogP contribution in [0.1, 0.15) is 37.3 Å². The topological polar surface area (TPSA) is 213 Å². The van der Waals surface area contributed by atoms with Crippen LogP contribution in [-0.2, 0) is 32.0 Å². The molecule has 4 unspecified atom stereocenters. The number of carbonyl (C=O) groups is 4. The Bertz CT molecular complexity index is 1340. The number of fused-ring (bicyclic) bond motifs is 1. The van der Waals surface area contributed by atoms with Gasteiger partial charge in [0, 0.05) is 23.5 Å². The highest BCUT2D eigenvalue weighted by Crippen LogP contribution is 2.19. The van der Waals surface area contributed by atoms with Gasteiger partial charge in [-0.3, -0.25) is 19.2 Å². The normalized spacial score (nSPS) is 14.0. The molecule has 10 N–H and O–H groups in total. The van der Waals surface area contributed by atoms with E-state index in [0.717, 1.165) is 22.0 Å². The number of aromatic hydroxyl groups is 1. The maximum Gasteiger partial charge on any atom is 0.325 e. The standard InChI is InChI=1S/C29H38N6O6/c1-17(29(40)41)33-28(39)25(15-19-16-32-23-7-3-2-6-21(19)23)35-27(38)24(8-4-5-13-30)34-26(37)22(31)14-18-9-11-20(36)12-10-18/h2-3,6-7,9-12,16-17,22,24-25,32,36H,4-5,8,13-15,30-31H2,1H3,(H,33,39)(H,34,37)(H,35,38)(H,40,41). The zero-order valence-electron chi connectivity index (χ0n) is 22.9. The average Bonchev–Trinajstić information content (AvgIpc) is 3.35. The van der Waals surface area contributed by atoms with Crippen molar-refractivity contribution < 1.29 is 29.4 Å². The molecule has 2 aromatic carbocycles. The molecule has 0 fully saturated rings. The maximum atomic E-state index is 13.5. The third-order valence-electron chi connectivity index (χ3n) is 6.77. The first kappa shape index (κ1) is 31.1. The minimum atomic E-state index is -1.22. The van der Waals surface area contributed by atoms with Gasteiger partial charge in [-0.25, -0.2) is 0 Å². The van der Waals surface area contributed by atoms with Crippen molar-refractivity contribution in [3.63, 3.8) is 0 Å². The molecule has 12 heteroatoms. The summed E-state index contributed by atoms with van der Waals surface area (Å²) in [6.07, 6.45) is 3.42. The van der Waals surface area contributed by atoms with Crippen molar-refractivity contribution in [3.8, 4) is 5.75 Å². The molecule has 3 amide bonds. The number of H-pyrrole nitrogens is 1. The number of carboxylic acid groups (broad SMARTS) is 1. The second kappa shape index (κ2) is 14.8. The number of carboxylic acids is 1. The number of carbonyl (C=O) groups excluding carboxylic acids is 3. The van der Waals surface area contributed by atoms with Gasteiger partial charge in [0.15, 0.2) is 0 Å². The summed E-state index contributed by atoms with van der Waals surface area (Å²) in [5.41, 5.74) is 14.1. The first-order valence-corrected chi connectivity index (χ1v) is 13.5. The summed E-state index contributed by atoms with van der Waals surface area (Å²) < 4.78 is 0. The summed E-state index contributed by atoms with van der Waals surface area (Å²) in [6.45, 7) is 1.73. The Morgan fingerprint density at radius 3 is 2.22 bits per heavy atom. The molecule has 220 valence electrons. The number of phenols is 1. The van der Waals surface area contributed by atoms with Gasteiger partial charge in [0.25, 0.3) is 0 Å². The number of benzene rings is 2. The van der Waals surface area contributed by atoms with Crippen LogP contribution >= 0.6 is 0 Å². The molecule has 0 aliphatic rings. The van der Waals surface area contributed by atoms with Gasteiger partial charge in [0.1, 0.15) is 23.9 Å². The van der Waals surface area contributed by atoms with E-state index in [1.807, 2.05) is 24.3 Å². The van der Waals surface area contributed by atoms with E-state index in [2.05, 4.69) is 20.9 Å². The van der Waals surface area contributed by atoms with Crippen molar-refractivity contribution in [2.45, 2.75) is 63.2 Å². The Morgan fingerprint density at radius 1 is 0.878 bits per heavy atom. The quantitative estimate of drug-likeness (QED) is 0.122.